The van der Waals surface area contributed by atoms with Gasteiger partial charge in [0.2, 0.25) is 11.8 Å². The van der Waals surface area contributed by atoms with E-state index in [4.69, 9.17) is 0 Å². The van der Waals surface area contributed by atoms with Gasteiger partial charge in [0, 0.05) is 54.1 Å². The predicted molar refractivity (Wildman–Crippen MR) is 183 cm³/mol. The Hall–Kier alpha value is -3.79. The van der Waals surface area contributed by atoms with Crippen LogP contribution in [0.15, 0.2) is 89.4 Å². The van der Waals surface area contributed by atoms with Crippen LogP contribution in [-0.4, -0.2) is 52.5 Å². The number of aliphatic hydroxyl groups is 2. The lowest BCUT2D eigenvalue weighted by Gasteiger charge is -2.28. The Morgan fingerprint density at radius 3 is 2.54 bits per heavy atom. The highest BCUT2D eigenvalue weighted by molar-refractivity contribution is 9.10. The Balaban J connectivity index is 1.34. The van der Waals surface area contributed by atoms with Gasteiger partial charge in [-0.15, -0.1) is 0 Å². The maximum absolute atomic E-state index is 14.1. The van der Waals surface area contributed by atoms with Crippen LogP contribution in [-0.2, 0) is 33.1 Å². The molecule has 2 heterocycles. The van der Waals surface area contributed by atoms with Crippen LogP contribution >= 0.6 is 15.9 Å². The van der Waals surface area contributed by atoms with E-state index in [1.807, 2.05) is 71.6 Å². The third kappa shape index (κ3) is 7.43. The number of hydrogen-bond donors (Lipinski definition) is 2. The number of nitrogens with zero attached hydrogens (tertiary/aromatic N) is 3. The van der Waals surface area contributed by atoms with E-state index < -0.39 is 17.4 Å². The van der Waals surface area contributed by atoms with Crippen LogP contribution < -0.4 is 9.80 Å². The first-order chi connectivity index (χ1) is 22.2. The Kier molecular flexibility index (Phi) is 11.1. The molecule has 2 N–H and O–H groups in total. The van der Waals surface area contributed by atoms with Gasteiger partial charge in [-0.2, -0.15) is 0 Å². The van der Waals surface area contributed by atoms with E-state index in [2.05, 4.69) is 15.9 Å². The molecule has 2 aliphatic rings. The highest BCUT2D eigenvalue weighted by atomic mass is 79.9. The summed E-state index contributed by atoms with van der Waals surface area (Å²) in [6, 6.07) is 22.8. The normalized spacial score (nSPS) is 19.2. The van der Waals surface area contributed by atoms with E-state index in [0.717, 1.165) is 47.0 Å². The third-order valence-electron chi connectivity index (χ3n) is 8.93. The largest absolute Gasteiger partial charge is 0.395 e. The van der Waals surface area contributed by atoms with Crippen molar-refractivity contribution in [2.45, 2.75) is 64.1 Å². The van der Waals surface area contributed by atoms with Crippen molar-refractivity contribution in [1.29, 1.82) is 0 Å². The van der Waals surface area contributed by atoms with Gasteiger partial charge in [0.25, 0.3) is 5.91 Å². The summed E-state index contributed by atoms with van der Waals surface area (Å²) in [7, 11) is 0. The van der Waals surface area contributed by atoms with Gasteiger partial charge in [-0.1, -0.05) is 90.3 Å². The average molecular weight is 689 g/mol. The molecule has 9 heteroatoms. The summed E-state index contributed by atoms with van der Waals surface area (Å²) in [5.74, 6) is -1.12. The SMILES string of the molecule is C[C@@H](/C=C/CC(=O)N(CCO)Cc1ccccc1)[C@]1(O)C(=O)N(Cc2cccc(N3CCCCCCC3=O)c2)c2ccc(Br)cc21. The van der Waals surface area contributed by atoms with Crippen molar-refractivity contribution < 1.29 is 24.6 Å². The smallest absolute Gasteiger partial charge is 0.264 e. The summed E-state index contributed by atoms with van der Waals surface area (Å²) in [6.07, 6.45) is 8.06. The predicted octanol–water partition coefficient (Wildman–Crippen LogP) is 6.08. The second-order valence-corrected chi connectivity index (χ2v) is 13.1. The minimum Gasteiger partial charge on any atom is -0.395 e. The first-order valence-electron chi connectivity index (χ1n) is 16.0. The van der Waals surface area contributed by atoms with Gasteiger partial charge in [-0.05, 0) is 54.3 Å². The van der Waals surface area contributed by atoms with Crippen LogP contribution in [0, 0.1) is 5.92 Å². The third-order valence-corrected chi connectivity index (χ3v) is 9.43. The van der Waals surface area contributed by atoms with Crippen LogP contribution in [0.2, 0.25) is 0 Å². The molecule has 8 nitrogen and oxygen atoms in total. The highest BCUT2D eigenvalue weighted by Crippen LogP contribution is 2.47. The molecule has 1 fully saturated rings. The van der Waals surface area contributed by atoms with Crippen LogP contribution in [0.25, 0.3) is 0 Å². The molecular formula is C37H42BrN3O5. The van der Waals surface area contributed by atoms with Gasteiger partial charge >= 0.3 is 0 Å². The molecule has 1 saturated heterocycles. The first-order valence-corrected chi connectivity index (χ1v) is 16.8. The average Bonchev–Trinajstić information content (AvgIpc) is 3.25. The zero-order valence-corrected chi connectivity index (χ0v) is 27.9. The topological polar surface area (TPSA) is 101 Å². The van der Waals surface area contributed by atoms with Gasteiger partial charge in [0.15, 0.2) is 5.60 Å². The molecule has 0 bridgehead atoms. The molecule has 46 heavy (non-hydrogen) atoms. The number of anilines is 2. The van der Waals surface area contributed by atoms with Crippen molar-refractivity contribution in [3.8, 4) is 0 Å². The van der Waals surface area contributed by atoms with E-state index in [0.29, 0.717) is 30.8 Å². The number of halogens is 1. The van der Waals surface area contributed by atoms with E-state index in [1.54, 1.807) is 34.9 Å². The van der Waals surface area contributed by atoms with Crippen molar-refractivity contribution in [3.05, 3.63) is 106 Å². The van der Waals surface area contributed by atoms with Crippen molar-refractivity contribution in [2.24, 2.45) is 5.92 Å². The molecule has 3 amide bonds. The summed E-state index contributed by atoms with van der Waals surface area (Å²) in [5, 5.41) is 21.6. The first kappa shape index (κ1) is 33.6. The highest BCUT2D eigenvalue weighted by Gasteiger charge is 2.52. The van der Waals surface area contributed by atoms with Crippen molar-refractivity contribution in [2.75, 3.05) is 29.5 Å². The Morgan fingerprint density at radius 2 is 1.76 bits per heavy atom. The van der Waals surface area contributed by atoms with Crippen molar-refractivity contribution in [1.82, 2.24) is 4.90 Å². The number of hydrogen-bond acceptors (Lipinski definition) is 5. The lowest BCUT2D eigenvalue weighted by atomic mass is 9.83. The fourth-order valence-corrected chi connectivity index (χ4v) is 6.73. The number of carbonyl (C=O) groups excluding carboxylic acids is 3. The van der Waals surface area contributed by atoms with Gasteiger partial charge in [-0.3, -0.25) is 14.4 Å². The quantitative estimate of drug-likeness (QED) is 0.238. The molecule has 2 aliphatic heterocycles. The summed E-state index contributed by atoms with van der Waals surface area (Å²) >= 11 is 3.51. The summed E-state index contributed by atoms with van der Waals surface area (Å²) < 4.78 is 0.740. The van der Waals surface area contributed by atoms with E-state index in [-0.39, 0.29) is 37.9 Å². The fourth-order valence-electron chi connectivity index (χ4n) is 6.37. The van der Waals surface area contributed by atoms with Crippen LogP contribution in [0.4, 0.5) is 11.4 Å². The van der Waals surface area contributed by atoms with E-state index in [1.165, 1.54) is 0 Å². The molecule has 3 aromatic rings. The lowest BCUT2D eigenvalue weighted by molar-refractivity contribution is -0.139. The molecular weight excluding hydrogens is 646 g/mol. The molecule has 0 radical (unpaired) electrons. The number of rotatable bonds is 11. The molecule has 2 atom stereocenters. The monoisotopic (exact) mass is 687 g/mol. The second kappa shape index (κ2) is 15.2. The maximum atomic E-state index is 14.1. The molecule has 5 rings (SSSR count). The molecule has 0 spiro atoms. The number of amides is 3. The van der Waals surface area contributed by atoms with E-state index >= 15 is 0 Å². The van der Waals surface area contributed by atoms with Crippen LogP contribution in [0.1, 0.15) is 62.1 Å². The summed E-state index contributed by atoms with van der Waals surface area (Å²) in [4.78, 5) is 45.1. The number of benzene rings is 3. The Labute approximate surface area is 279 Å². The number of fused-ring (bicyclic) bond motifs is 1. The zero-order chi connectivity index (χ0) is 32.7. The Bertz CT molecular complexity index is 1580. The Morgan fingerprint density at radius 1 is 1.00 bits per heavy atom. The number of aliphatic hydroxyl groups excluding tert-OH is 1. The van der Waals surface area contributed by atoms with Gasteiger partial charge in [0.05, 0.1) is 18.8 Å². The summed E-state index contributed by atoms with van der Waals surface area (Å²) in [6.45, 7) is 3.13. The molecule has 0 aliphatic carbocycles. The van der Waals surface area contributed by atoms with Crippen molar-refractivity contribution in [3.63, 3.8) is 0 Å². The summed E-state index contributed by atoms with van der Waals surface area (Å²) in [5.41, 5.74) is 1.92. The van der Waals surface area contributed by atoms with Gasteiger partial charge in [0.1, 0.15) is 0 Å². The fraction of sp³-hybridized carbons (Fsp3) is 0.378. The standard InChI is InChI=1S/C37H42BrN3O5/c1-27(11-9-17-34(43)39(21-22-42)25-28-12-5-4-6-13-28)37(46)32-24-30(38)18-19-33(32)41(36(37)45)26-29-14-10-15-31(23-29)40-20-8-3-2-7-16-35(40)44/h4-6,9-15,18-19,23-24,27,42,46H,2-3,7-8,16-17,20-22,25-26H2,1H3/b11-9+/t27-,37+/m0/s1. The minimum absolute atomic E-state index is 0.0680. The molecule has 242 valence electrons. The van der Waals surface area contributed by atoms with Crippen LogP contribution in [0.3, 0.4) is 0 Å². The number of carbonyl (C=O) groups is 3. The van der Waals surface area contributed by atoms with Gasteiger partial charge in [-0.25, -0.2) is 0 Å². The molecule has 0 aromatic heterocycles. The maximum Gasteiger partial charge on any atom is 0.264 e. The molecule has 0 saturated carbocycles. The van der Waals surface area contributed by atoms with Crippen molar-refractivity contribution >= 4 is 45.0 Å². The van der Waals surface area contributed by atoms with Crippen LogP contribution in [0.5, 0.6) is 0 Å². The lowest BCUT2D eigenvalue weighted by Crippen LogP contribution is -2.44. The van der Waals surface area contributed by atoms with E-state index in [9.17, 15) is 24.6 Å². The zero-order valence-electron chi connectivity index (χ0n) is 26.3. The van der Waals surface area contributed by atoms with Gasteiger partial charge < -0.3 is 24.9 Å². The second-order valence-electron chi connectivity index (χ2n) is 12.1. The molecule has 0 unspecified atom stereocenters. The minimum atomic E-state index is -1.84. The molecule has 3 aromatic carbocycles.